The van der Waals surface area contributed by atoms with Crippen LogP contribution in [0.5, 0.6) is 0 Å². The van der Waals surface area contributed by atoms with E-state index in [1.807, 2.05) is 0 Å². The van der Waals surface area contributed by atoms with Gasteiger partial charge in [0.05, 0.1) is 0 Å². The maximum Gasteiger partial charge on any atom is 0.123 e. The number of rotatable bonds is 2. The van der Waals surface area contributed by atoms with Crippen LogP contribution in [0.15, 0.2) is 6.07 Å². The Kier molecular flexibility index (Phi) is 2.62. The van der Waals surface area contributed by atoms with Crippen molar-refractivity contribution in [3.8, 4) is 0 Å². The summed E-state index contributed by atoms with van der Waals surface area (Å²) in [6.45, 7) is 9.29. The number of nitrogens with zero attached hydrogens (tertiary/aromatic N) is 2. The van der Waals surface area contributed by atoms with Crippen LogP contribution in [0.25, 0.3) is 0 Å². The van der Waals surface area contributed by atoms with E-state index in [4.69, 9.17) is 0 Å². The van der Waals surface area contributed by atoms with Gasteiger partial charge in [0.15, 0.2) is 0 Å². The predicted octanol–water partition coefficient (Wildman–Crippen LogP) is 4.22. The average Bonchev–Trinajstić information content (AvgIpc) is 2.57. The molecule has 0 radical (unpaired) electrons. The van der Waals surface area contributed by atoms with Gasteiger partial charge >= 0.3 is 0 Å². The van der Waals surface area contributed by atoms with Gasteiger partial charge in [-0.25, -0.2) is 0 Å². The van der Waals surface area contributed by atoms with Gasteiger partial charge in [0.1, 0.15) is 3.70 Å². The molecular formula is C14H21IN2. The van der Waals surface area contributed by atoms with Crippen LogP contribution in [0, 0.1) is 21.0 Å². The zero-order chi connectivity index (χ0) is 12.4. The van der Waals surface area contributed by atoms with Crippen LogP contribution >= 0.6 is 22.6 Å². The molecule has 2 saturated carbocycles. The molecule has 0 saturated heterocycles. The molecule has 3 rings (SSSR count). The predicted molar refractivity (Wildman–Crippen MR) is 78.1 cm³/mol. The Bertz CT molecular complexity index is 433. The maximum absolute atomic E-state index is 4.64. The van der Waals surface area contributed by atoms with Crippen LogP contribution < -0.4 is 0 Å². The number of hydrogen-bond acceptors (Lipinski definition) is 1. The Hall–Kier alpha value is -0.0600. The first-order chi connectivity index (χ1) is 7.89. The van der Waals surface area contributed by atoms with Crippen molar-refractivity contribution >= 4 is 22.6 Å². The van der Waals surface area contributed by atoms with E-state index in [-0.39, 0.29) is 0 Å². The summed E-state index contributed by atoms with van der Waals surface area (Å²) in [6, 6.07) is 2.79. The first kappa shape index (κ1) is 12.0. The smallest absolute Gasteiger partial charge is 0.123 e. The number of halogens is 1. The molecule has 3 atom stereocenters. The summed E-state index contributed by atoms with van der Waals surface area (Å²) >= 11 is 2.34. The molecule has 0 aromatic carbocycles. The lowest BCUT2D eigenvalue weighted by molar-refractivity contribution is 0.324. The fraction of sp³-hybridized carbons (Fsp3) is 0.786. The SMILES string of the molecule is CC(C)n1nc(I)cc1[C@@H]1[C@@H]2CC(C)(C)C[C@@H]21. The Morgan fingerprint density at radius 2 is 1.94 bits per heavy atom. The molecule has 0 amide bonds. The normalized spacial score (nSPS) is 34.1. The van der Waals surface area contributed by atoms with Crippen LogP contribution in [0.1, 0.15) is 58.2 Å². The maximum atomic E-state index is 4.64. The molecule has 3 heteroatoms. The van der Waals surface area contributed by atoms with Gasteiger partial charge in [-0.05, 0) is 72.6 Å². The molecule has 2 aliphatic carbocycles. The van der Waals surface area contributed by atoms with Crippen molar-refractivity contribution < 1.29 is 0 Å². The summed E-state index contributed by atoms with van der Waals surface area (Å²) in [5.41, 5.74) is 2.08. The zero-order valence-corrected chi connectivity index (χ0v) is 13.2. The van der Waals surface area contributed by atoms with Gasteiger partial charge in [0.2, 0.25) is 0 Å². The summed E-state index contributed by atoms with van der Waals surface area (Å²) < 4.78 is 3.40. The third kappa shape index (κ3) is 1.94. The Balaban J connectivity index is 1.85. The van der Waals surface area contributed by atoms with Crippen LogP contribution in [0.4, 0.5) is 0 Å². The lowest BCUT2D eigenvalue weighted by atomic mass is 9.85. The minimum atomic E-state index is 0.489. The van der Waals surface area contributed by atoms with Crippen molar-refractivity contribution in [1.29, 1.82) is 0 Å². The summed E-state index contributed by atoms with van der Waals surface area (Å²) in [4.78, 5) is 0. The minimum absolute atomic E-state index is 0.489. The minimum Gasteiger partial charge on any atom is -0.266 e. The summed E-state index contributed by atoms with van der Waals surface area (Å²) in [5, 5.41) is 4.64. The average molecular weight is 344 g/mol. The Morgan fingerprint density at radius 3 is 2.47 bits per heavy atom. The van der Waals surface area contributed by atoms with Gasteiger partial charge in [0, 0.05) is 17.7 Å². The van der Waals surface area contributed by atoms with Crippen LogP contribution in [-0.4, -0.2) is 9.78 Å². The zero-order valence-electron chi connectivity index (χ0n) is 11.1. The van der Waals surface area contributed by atoms with Gasteiger partial charge in [-0.3, -0.25) is 4.68 Å². The van der Waals surface area contributed by atoms with E-state index in [0.29, 0.717) is 11.5 Å². The van der Waals surface area contributed by atoms with E-state index in [2.05, 4.69) is 66.1 Å². The lowest BCUT2D eigenvalue weighted by Crippen LogP contribution is -2.12. The molecule has 0 bridgehead atoms. The van der Waals surface area contributed by atoms with E-state index in [9.17, 15) is 0 Å². The summed E-state index contributed by atoms with van der Waals surface area (Å²) in [5.74, 6) is 2.69. The molecule has 2 nitrogen and oxygen atoms in total. The second-order valence-corrected chi connectivity index (χ2v) is 7.96. The molecule has 1 aromatic rings. The Morgan fingerprint density at radius 1 is 1.35 bits per heavy atom. The quantitative estimate of drug-likeness (QED) is 0.735. The molecule has 17 heavy (non-hydrogen) atoms. The molecule has 0 unspecified atom stereocenters. The van der Waals surface area contributed by atoms with E-state index >= 15 is 0 Å². The van der Waals surface area contributed by atoms with E-state index in [1.165, 1.54) is 18.5 Å². The first-order valence-electron chi connectivity index (χ1n) is 6.64. The summed E-state index contributed by atoms with van der Waals surface area (Å²) in [6.07, 6.45) is 2.81. The standard InChI is InChI=1S/C14H21IN2/c1-8(2)17-11(5-12(15)16-17)13-9-6-14(3,4)7-10(9)13/h5,8-10,13H,6-7H2,1-4H3/t9-,10+,13-. The van der Waals surface area contributed by atoms with Crippen molar-refractivity contribution in [2.24, 2.45) is 17.3 Å². The molecule has 0 aliphatic heterocycles. The fourth-order valence-electron chi connectivity index (χ4n) is 3.84. The highest BCUT2D eigenvalue weighted by atomic mass is 127. The van der Waals surface area contributed by atoms with E-state index in [1.54, 1.807) is 0 Å². The molecule has 94 valence electrons. The van der Waals surface area contributed by atoms with E-state index in [0.717, 1.165) is 21.5 Å². The van der Waals surface area contributed by atoms with Gasteiger partial charge in [-0.1, -0.05) is 13.8 Å². The monoisotopic (exact) mass is 344 g/mol. The van der Waals surface area contributed by atoms with Crippen molar-refractivity contribution in [2.75, 3.05) is 0 Å². The van der Waals surface area contributed by atoms with Crippen LogP contribution in [0.2, 0.25) is 0 Å². The number of hydrogen-bond donors (Lipinski definition) is 0. The lowest BCUT2D eigenvalue weighted by Gasteiger charge is -2.21. The highest BCUT2D eigenvalue weighted by Crippen LogP contribution is 2.68. The third-order valence-corrected chi connectivity index (χ3v) is 5.00. The highest BCUT2D eigenvalue weighted by Gasteiger charge is 2.59. The van der Waals surface area contributed by atoms with Gasteiger partial charge < -0.3 is 0 Å². The van der Waals surface area contributed by atoms with Gasteiger partial charge in [-0.2, -0.15) is 5.10 Å². The molecular weight excluding hydrogens is 323 g/mol. The van der Waals surface area contributed by atoms with Crippen LogP contribution in [0.3, 0.4) is 0 Å². The van der Waals surface area contributed by atoms with Crippen molar-refractivity contribution in [1.82, 2.24) is 9.78 Å². The molecule has 2 aliphatic rings. The highest BCUT2D eigenvalue weighted by molar-refractivity contribution is 14.1. The van der Waals surface area contributed by atoms with Gasteiger partial charge in [-0.15, -0.1) is 0 Å². The third-order valence-electron chi connectivity index (χ3n) is 4.47. The fourth-order valence-corrected chi connectivity index (χ4v) is 4.39. The number of aromatic nitrogens is 2. The van der Waals surface area contributed by atoms with Crippen LogP contribution in [-0.2, 0) is 0 Å². The molecule has 2 fully saturated rings. The van der Waals surface area contributed by atoms with Gasteiger partial charge in [0.25, 0.3) is 0 Å². The molecule has 0 N–H and O–H groups in total. The van der Waals surface area contributed by atoms with E-state index < -0.39 is 0 Å². The van der Waals surface area contributed by atoms with Crippen molar-refractivity contribution in [3.63, 3.8) is 0 Å². The topological polar surface area (TPSA) is 17.8 Å². The second kappa shape index (κ2) is 3.72. The van der Waals surface area contributed by atoms with Crippen molar-refractivity contribution in [3.05, 3.63) is 15.5 Å². The number of fused-ring (bicyclic) bond motifs is 1. The molecule has 0 spiro atoms. The summed E-state index contributed by atoms with van der Waals surface area (Å²) in [7, 11) is 0. The largest absolute Gasteiger partial charge is 0.266 e. The molecule has 1 heterocycles. The Labute approximate surface area is 117 Å². The molecule has 1 aromatic heterocycles. The second-order valence-electron chi connectivity index (χ2n) is 6.86. The first-order valence-corrected chi connectivity index (χ1v) is 7.72. The van der Waals surface area contributed by atoms with Crippen molar-refractivity contribution in [2.45, 2.75) is 52.5 Å².